The molecule has 0 aliphatic heterocycles. The maximum Gasteiger partial charge on any atom is 0.0510 e. The van der Waals surface area contributed by atoms with Gasteiger partial charge in [0.2, 0.25) is 0 Å². The number of aliphatic hydroxyl groups excluding tert-OH is 2. The van der Waals surface area contributed by atoms with Crippen molar-refractivity contribution in [1.82, 2.24) is 0 Å². The van der Waals surface area contributed by atoms with Crippen molar-refractivity contribution in [2.75, 3.05) is 26.4 Å². The summed E-state index contributed by atoms with van der Waals surface area (Å²) in [4.78, 5) is 0. The van der Waals surface area contributed by atoms with Gasteiger partial charge in [-0.25, -0.2) is 0 Å². The maximum atomic E-state index is 9.41. The summed E-state index contributed by atoms with van der Waals surface area (Å²) in [5.74, 6) is 0.481. The molecule has 0 radical (unpaired) electrons. The number of hydrogen-bond acceptors (Lipinski definition) is 3. The summed E-state index contributed by atoms with van der Waals surface area (Å²) in [5, 5.41) is 18.8. The van der Waals surface area contributed by atoms with Gasteiger partial charge in [0.05, 0.1) is 13.2 Å². The van der Waals surface area contributed by atoms with Crippen molar-refractivity contribution in [3.63, 3.8) is 0 Å². The molecule has 3 nitrogen and oxygen atoms in total. The van der Waals surface area contributed by atoms with Crippen LogP contribution >= 0.6 is 0 Å². The molecule has 0 spiro atoms. The van der Waals surface area contributed by atoms with Crippen molar-refractivity contribution in [2.24, 2.45) is 11.3 Å². The van der Waals surface area contributed by atoms with Crippen LogP contribution in [0.1, 0.15) is 46.5 Å². The van der Waals surface area contributed by atoms with Crippen LogP contribution in [0, 0.1) is 11.3 Å². The van der Waals surface area contributed by atoms with Crippen LogP contribution in [0.4, 0.5) is 0 Å². The van der Waals surface area contributed by atoms with Gasteiger partial charge in [-0.05, 0) is 25.2 Å². The number of ether oxygens (including phenoxy) is 1. The number of hydrogen-bond donors (Lipinski definition) is 2. The molecule has 16 heavy (non-hydrogen) atoms. The zero-order valence-electron chi connectivity index (χ0n) is 11.0. The van der Waals surface area contributed by atoms with Crippen LogP contribution in [-0.2, 0) is 4.74 Å². The van der Waals surface area contributed by atoms with E-state index in [1.165, 1.54) is 0 Å². The van der Waals surface area contributed by atoms with E-state index in [9.17, 15) is 10.2 Å². The third-order valence-corrected chi connectivity index (χ3v) is 2.93. The third kappa shape index (κ3) is 6.46. The Morgan fingerprint density at radius 2 is 1.75 bits per heavy atom. The predicted octanol–water partition coefficient (Wildman–Crippen LogP) is 2.21. The molecule has 3 heteroatoms. The lowest BCUT2D eigenvalue weighted by Gasteiger charge is -2.31. The van der Waals surface area contributed by atoms with Gasteiger partial charge in [-0.3, -0.25) is 0 Å². The standard InChI is InChI=1S/C13H28O3/c1-4-5-7-16-8-6-13(10-14,11-15)9-12(2)3/h12,14-15H,4-11H2,1-3H3. The second-order valence-electron chi connectivity index (χ2n) is 5.13. The SMILES string of the molecule is CCCCOCCC(CO)(CO)CC(C)C. The van der Waals surface area contributed by atoms with E-state index in [1.54, 1.807) is 0 Å². The second kappa shape index (κ2) is 8.97. The van der Waals surface area contributed by atoms with Gasteiger partial charge in [-0.15, -0.1) is 0 Å². The van der Waals surface area contributed by atoms with Gasteiger partial charge >= 0.3 is 0 Å². The summed E-state index contributed by atoms with van der Waals surface area (Å²) in [5.41, 5.74) is -0.361. The Bertz CT molecular complexity index is 153. The van der Waals surface area contributed by atoms with E-state index in [0.29, 0.717) is 12.5 Å². The topological polar surface area (TPSA) is 49.7 Å². The summed E-state index contributed by atoms with van der Waals surface area (Å²) in [6.45, 7) is 7.85. The van der Waals surface area contributed by atoms with E-state index in [2.05, 4.69) is 20.8 Å². The monoisotopic (exact) mass is 232 g/mol. The van der Waals surface area contributed by atoms with Gasteiger partial charge in [0.25, 0.3) is 0 Å². The van der Waals surface area contributed by atoms with E-state index >= 15 is 0 Å². The summed E-state index contributed by atoms with van der Waals surface area (Å²) < 4.78 is 5.49. The van der Waals surface area contributed by atoms with Crippen LogP contribution in [0.5, 0.6) is 0 Å². The quantitative estimate of drug-likeness (QED) is 0.568. The maximum absolute atomic E-state index is 9.41. The smallest absolute Gasteiger partial charge is 0.0510 e. The molecule has 0 rings (SSSR count). The zero-order chi connectivity index (χ0) is 12.4. The van der Waals surface area contributed by atoms with Crippen LogP contribution in [0.25, 0.3) is 0 Å². The average molecular weight is 232 g/mol. The van der Waals surface area contributed by atoms with Crippen LogP contribution < -0.4 is 0 Å². The fourth-order valence-corrected chi connectivity index (χ4v) is 1.94. The minimum Gasteiger partial charge on any atom is -0.396 e. The molecule has 0 bridgehead atoms. The lowest BCUT2D eigenvalue weighted by molar-refractivity contribution is 0.00196. The highest BCUT2D eigenvalue weighted by molar-refractivity contribution is 4.79. The fraction of sp³-hybridized carbons (Fsp3) is 1.00. The summed E-state index contributed by atoms with van der Waals surface area (Å²) >= 11 is 0. The minimum atomic E-state index is -0.361. The summed E-state index contributed by atoms with van der Waals surface area (Å²) in [6.07, 6.45) is 3.80. The highest BCUT2D eigenvalue weighted by Gasteiger charge is 2.29. The molecule has 0 amide bonds. The molecule has 0 atom stereocenters. The molecular formula is C13H28O3. The first kappa shape index (κ1) is 15.9. The van der Waals surface area contributed by atoms with Crippen molar-refractivity contribution in [3.05, 3.63) is 0 Å². The summed E-state index contributed by atoms with van der Waals surface area (Å²) in [6, 6.07) is 0. The Balaban J connectivity index is 3.92. The van der Waals surface area contributed by atoms with Crippen molar-refractivity contribution >= 4 is 0 Å². The van der Waals surface area contributed by atoms with Crippen molar-refractivity contribution in [3.8, 4) is 0 Å². The van der Waals surface area contributed by atoms with Gasteiger partial charge in [-0.2, -0.15) is 0 Å². The molecule has 0 saturated carbocycles. The molecule has 0 heterocycles. The first-order chi connectivity index (χ1) is 7.60. The van der Waals surface area contributed by atoms with Crippen LogP contribution in [-0.4, -0.2) is 36.6 Å². The van der Waals surface area contributed by atoms with Crippen molar-refractivity contribution < 1.29 is 14.9 Å². The van der Waals surface area contributed by atoms with Gasteiger partial charge in [0.15, 0.2) is 0 Å². The van der Waals surface area contributed by atoms with Gasteiger partial charge in [0.1, 0.15) is 0 Å². The molecule has 0 aromatic carbocycles. The molecule has 2 N–H and O–H groups in total. The van der Waals surface area contributed by atoms with E-state index in [0.717, 1.165) is 32.3 Å². The normalized spacial score (nSPS) is 12.4. The first-order valence-corrected chi connectivity index (χ1v) is 6.39. The van der Waals surface area contributed by atoms with Gasteiger partial charge in [0, 0.05) is 18.6 Å². The van der Waals surface area contributed by atoms with Crippen molar-refractivity contribution in [2.45, 2.75) is 46.5 Å². The number of rotatable bonds is 10. The molecule has 0 aromatic heterocycles. The highest BCUT2D eigenvalue weighted by atomic mass is 16.5. The van der Waals surface area contributed by atoms with Gasteiger partial charge < -0.3 is 14.9 Å². The molecule has 0 aliphatic carbocycles. The molecule has 0 aromatic rings. The Morgan fingerprint density at radius 1 is 1.12 bits per heavy atom. The largest absolute Gasteiger partial charge is 0.396 e. The third-order valence-electron chi connectivity index (χ3n) is 2.93. The van der Waals surface area contributed by atoms with E-state index < -0.39 is 0 Å². The van der Waals surface area contributed by atoms with E-state index in [1.807, 2.05) is 0 Å². The van der Waals surface area contributed by atoms with Crippen LogP contribution in [0.3, 0.4) is 0 Å². The Kier molecular flexibility index (Phi) is 8.90. The first-order valence-electron chi connectivity index (χ1n) is 6.39. The highest BCUT2D eigenvalue weighted by Crippen LogP contribution is 2.29. The zero-order valence-corrected chi connectivity index (χ0v) is 11.0. The van der Waals surface area contributed by atoms with Crippen LogP contribution in [0.2, 0.25) is 0 Å². The van der Waals surface area contributed by atoms with E-state index in [4.69, 9.17) is 4.74 Å². The predicted molar refractivity (Wildman–Crippen MR) is 66.4 cm³/mol. The molecule has 0 unspecified atom stereocenters. The Labute approximate surface area is 99.8 Å². The lowest BCUT2D eigenvalue weighted by Crippen LogP contribution is -2.33. The average Bonchev–Trinajstić information content (AvgIpc) is 2.26. The Morgan fingerprint density at radius 3 is 2.19 bits per heavy atom. The van der Waals surface area contributed by atoms with Gasteiger partial charge in [-0.1, -0.05) is 27.2 Å². The molecule has 0 aliphatic rings. The van der Waals surface area contributed by atoms with E-state index in [-0.39, 0.29) is 18.6 Å². The minimum absolute atomic E-state index is 0.0405. The summed E-state index contributed by atoms with van der Waals surface area (Å²) in [7, 11) is 0. The molecule has 98 valence electrons. The lowest BCUT2D eigenvalue weighted by atomic mass is 9.79. The number of aliphatic hydroxyl groups is 2. The molecular weight excluding hydrogens is 204 g/mol. The Hall–Kier alpha value is -0.120. The molecule has 0 saturated heterocycles. The number of unbranched alkanes of at least 4 members (excludes halogenated alkanes) is 1. The molecule has 0 fully saturated rings. The van der Waals surface area contributed by atoms with Crippen LogP contribution in [0.15, 0.2) is 0 Å². The second-order valence-corrected chi connectivity index (χ2v) is 5.13. The fourth-order valence-electron chi connectivity index (χ4n) is 1.94. The van der Waals surface area contributed by atoms with Crippen molar-refractivity contribution in [1.29, 1.82) is 0 Å².